The maximum atomic E-state index is 11.9. The van der Waals surface area contributed by atoms with Gasteiger partial charge in [-0.15, -0.1) is 0 Å². The van der Waals surface area contributed by atoms with E-state index in [-0.39, 0.29) is 5.91 Å². The first-order chi connectivity index (χ1) is 9.24. The highest BCUT2D eigenvalue weighted by molar-refractivity contribution is 5.78. The van der Waals surface area contributed by atoms with Gasteiger partial charge in [0.2, 0.25) is 5.91 Å². The van der Waals surface area contributed by atoms with Crippen LogP contribution in [0.1, 0.15) is 17.5 Å². The van der Waals surface area contributed by atoms with Gasteiger partial charge >= 0.3 is 0 Å². The van der Waals surface area contributed by atoms with E-state index in [0.717, 1.165) is 38.2 Å². The summed E-state index contributed by atoms with van der Waals surface area (Å²) in [7, 11) is 0. The third-order valence-corrected chi connectivity index (χ3v) is 3.37. The van der Waals surface area contributed by atoms with Crippen molar-refractivity contribution in [1.29, 1.82) is 0 Å². The number of carbonyl (C=O) groups excluding carboxylic acids is 1. The van der Waals surface area contributed by atoms with E-state index in [1.165, 1.54) is 5.56 Å². The molecule has 1 heterocycles. The van der Waals surface area contributed by atoms with Gasteiger partial charge in [-0.05, 0) is 32.0 Å². The van der Waals surface area contributed by atoms with E-state index in [2.05, 4.69) is 34.6 Å². The zero-order chi connectivity index (χ0) is 13.5. The van der Waals surface area contributed by atoms with Gasteiger partial charge in [-0.1, -0.05) is 29.8 Å². The van der Waals surface area contributed by atoms with Gasteiger partial charge in [0.1, 0.15) is 0 Å². The average molecular weight is 261 g/mol. The first kappa shape index (κ1) is 14.0. The van der Waals surface area contributed by atoms with Crippen LogP contribution in [-0.2, 0) is 11.3 Å². The molecule has 1 amide bonds. The molecule has 0 aliphatic carbocycles. The zero-order valence-electron chi connectivity index (χ0n) is 11.6. The maximum Gasteiger partial charge on any atom is 0.234 e. The quantitative estimate of drug-likeness (QED) is 0.846. The number of nitrogens with zero attached hydrogens (tertiary/aromatic N) is 1. The molecule has 0 saturated carbocycles. The van der Waals surface area contributed by atoms with Crippen molar-refractivity contribution < 1.29 is 4.79 Å². The number of hydrogen-bond acceptors (Lipinski definition) is 3. The second-order valence-electron chi connectivity index (χ2n) is 5.15. The molecule has 1 aliphatic rings. The van der Waals surface area contributed by atoms with Gasteiger partial charge in [0.25, 0.3) is 0 Å². The van der Waals surface area contributed by atoms with E-state index in [1.54, 1.807) is 0 Å². The molecule has 2 N–H and O–H groups in total. The Labute approximate surface area is 115 Å². The van der Waals surface area contributed by atoms with Crippen LogP contribution in [0.4, 0.5) is 0 Å². The lowest BCUT2D eigenvalue weighted by atomic mass is 10.1. The highest BCUT2D eigenvalue weighted by Gasteiger charge is 2.12. The molecule has 2 rings (SSSR count). The fourth-order valence-electron chi connectivity index (χ4n) is 2.34. The standard InChI is InChI=1S/C15H23N3O/c1-13-4-2-5-14(10-13)11-17-15(19)12-18-8-3-6-16-7-9-18/h2,4-5,10,16H,3,6-9,11-12H2,1H3,(H,17,19). The Morgan fingerprint density at radius 1 is 1.37 bits per heavy atom. The zero-order valence-corrected chi connectivity index (χ0v) is 11.6. The van der Waals surface area contributed by atoms with E-state index in [0.29, 0.717) is 13.1 Å². The summed E-state index contributed by atoms with van der Waals surface area (Å²) in [4.78, 5) is 14.1. The van der Waals surface area contributed by atoms with Crippen molar-refractivity contribution in [2.75, 3.05) is 32.7 Å². The summed E-state index contributed by atoms with van der Waals surface area (Å²) < 4.78 is 0. The minimum absolute atomic E-state index is 0.114. The largest absolute Gasteiger partial charge is 0.351 e. The topological polar surface area (TPSA) is 44.4 Å². The summed E-state index contributed by atoms with van der Waals surface area (Å²) in [6, 6.07) is 8.24. The molecule has 0 spiro atoms. The van der Waals surface area contributed by atoms with Gasteiger partial charge in [0.05, 0.1) is 6.54 Å². The lowest BCUT2D eigenvalue weighted by Crippen LogP contribution is -2.38. The Morgan fingerprint density at radius 3 is 3.11 bits per heavy atom. The highest BCUT2D eigenvalue weighted by Crippen LogP contribution is 2.03. The van der Waals surface area contributed by atoms with Crippen LogP contribution in [0.5, 0.6) is 0 Å². The fraction of sp³-hybridized carbons (Fsp3) is 0.533. The molecule has 1 saturated heterocycles. The smallest absolute Gasteiger partial charge is 0.234 e. The van der Waals surface area contributed by atoms with Gasteiger partial charge < -0.3 is 10.6 Å². The molecule has 19 heavy (non-hydrogen) atoms. The van der Waals surface area contributed by atoms with Gasteiger partial charge in [0.15, 0.2) is 0 Å². The second kappa shape index (κ2) is 7.26. The monoisotopic (exact) mass is 261 g/mol. The Morgan fingerprint density at radius 2 is 2.26 bits per heavy atom. The van der Waals surface area contributed by atoms with Gasteiger partial charge in [-0.3, -0.25) is 9.69 Å². The lowest BCUT2D eigenvalue weighted by molar-refractivity contribution is -0.122. The molecule has 0 bridgehead atoms. The molecule has 1 fully saturated rings. The molecule has 0 radical (unpaired) electrons. The fourth-order valence-corrected chi connectivity index (χ4v) is 2.34. The highest BCUT2D eigenvalue weighted by atomic mass is 16.2. The Kier molecular flexibility index (Phi) is 5.36. The maximum absolute atomic E-state index is 11.9. The number of amides is 1. The van der Waals surface area contributed by atoms with Crippen LogP contribution < -0.4 is 10.6 Å². The first-order valence-corrected chi connectivity index (χ1v) is 6.99. The van der Waals surface area contributed by atoms with E-state index in [9.17, 15) is 4.79 Å². The summed E-state index contributed by atoms with van der Waals surface area (Å²) in [6.45, 7) is 7.19. The number of nitrogens with one attached hydrogen (secondary N) is 2. The number of benzene rings is 1. The molecule has 1 aliphatic heterocycles. The molecule has 0 aromatic heterocycles. The Hall–Kier alpha value is -1.39. The van der Waals surface area contributed by atoms with Gasteiger partial charge in [0, 0.05) is 19.6 Å². The van der Waals surface area contributed by atoms with Crippen molar-refractivity contribution in [2.45, 2.75) is 19.9 Å². The molecule has 104 valence electrons. The number of hydrogen-bond donors (Lipinski definition) is 2. The SMILES string of the molecule is Cc1cccc(CNC(=O)CN2CCCNCC2)c1. The number of aryl methyl sites for hydroxylation is 1. The molecule has 1 aromatic carbocycles. The number of carbonyl (C=O) groups is 1. The van der Waals surface area contributed by atoms with Crippen LogP contribution in [-0.4, -0.2) is 43.5 Å². The summed E-state index contributed by atoms with van der Waals surface area (Å²) >= 11 is 0. The van der Waals surface area contributed by atoms with E-state index >= 15 is 0 Å². The molecule has 0 atom stereocenters. The minimum Gasteiger partial charge on any atom is -0.351 e. The predicted molar refractivity (Wildman–Crippen MR) is 77.0 cm³/mol. The van der Waals surface area contributed by atoms with E-state index < -0.39 is 0 Å². The Bertz CT molecular complexity index is 412. The minimum atomic E-state index is 0.114. The van der Waals surface area contributed by atoms with Crippen LogP contribution in [0.3, 0.4) is 0 Å². The molecular formula is C15H23N3O. The third kappa shape index (κ3) is 5.01. The van der Waals surface area contributed by atoms with Crippen molar-refractivity contribution in [2.24, 2.45) is 0 Å². The number of rotatable bonds is 4. The van der Waals surface area contributed by atoms with E-state index in [1.807, 2.05) is 12.1 Å². The van der Waals surface area contributed by atoms with Crippen molar-refractivity contribution in [3.63, 3.8) is 0 Å². The van der Waals surface area contributed by atoms with E-state index in [4.69, 9.17) is 0 Å². The van der Waals surface area contributed by atoms with Crippen LogP contribution in [0.2, 0.25) is 0 Å². The van der Waals surface area contributed by atoms with Gasteiger partial charge in [-0.2, -0.15) is 0 Å². The predicted octanol–water partition coefficient (Wildman–Crippen LogP) is 0.907. The van der Waals surface area contributed by atoms with Crippen molar-refractivity contribution >= 4 is 5.91 Å². The summed E-state index contributed by atoms with van der Waals surface area (Å²) in [5, 5.41) is 6.33. The third-order valence-electron chi connectivity index (χ3n) is 3.37. The van der Waals surface area contributed by atoms with Crippen molar-refractivity contribution in [1.82, 2.24) is 15.5 Å². The molecule has 4 heteroatoms. The second-order valence-corrected chi connectivity index (χ2v) is 5.15. The van der Waals surface area contributed by atoms with Gasteiger partial charge in [-0.25, -0.2) is 0 Å². The van der Waals surface area contributed by atoms with Crippen LogP contribution in [0.25, 0.3) is 0 Å². The summed E-state index contributed by atoms with van der Waals surface area (Å²) in [5.74, 6) is 0.114. The molecule has 4 nitrogen and oxygen atoms in total. The van der Waals surface area contributed by atoms with Crippen LogP contribution in [0.15, 0.2) is 24.3 Å². The summed E-state index contributed by atoms with van der Waals surface area (Å²) in [6.07, 6.45) is 1.12. The van der Waals surface area contributed by atoms with Crippen LogP contribution >= 0.6 is 0 Å². The van der Waals surface area contributed by atoms with Crippen molar-refractivity contribution in [3.8, 4) is 0 Å². The summed E-state index contributed by atoms with van der Waals surface area (Å²) in [5.41, 5.74) is 2.39. The Balaban J connectivity index is 1.74. The first-order valence-electron chi connectivity index (χ1n) is 6.99. The van der Waals surface area contributed by atoms with Crippen LogP contribution in [0, 0.1) is 6.92 Å². The average Bonchev–Trinajstić information content (AvgIpc) is 2.65. The van der Waals surface area contributed by atoms with Crippen molar-refractivity contribution in [3.05, 3.63) is 35.4 Å². The molecular weight excluding hydrogens is 238 g/mol. The molecule has 0 unspecified atom stereocenters. The lowest BCUT2D eigenvalue weighted by Gasteiger charge is -2.18. The molecule has 1 aromatic rings. The normalized spacial score (nSPS) is 16.9.